The largest absolute Gasteiger partial charge is 0.505 e. The Morgan fingerprint density at radius 3 is 2.74 bits per heavy atom. The minimum atomic E-state index is -3.46. The van der Waals surface area contributed by atoms with Gasteiger partial charge in [-0.15, -0.1) is 0 Å². The molecule has 0 unspecified atom stereocenters. The molecule has 0 aliphatic heterocycles. The van der Waals surface area contributed by atoms with Gasteiger partial charge in [-0.3, -0.25) is 9.82 Å². The first kappa shape index (κ1) is 15.3. The maximum atomic E-state index is 13.6. The average molecular weight is 335 g/mol. The summed E-state index contributed by atoms with van der Waals surface area (Å²) in [6.45, 7) is 1.54. The fourth-order valence-electron chi connectivity index (χ4n) is 2.23. The van der Waals surface area contributed by atoms with Gasteiger partial charge in [-0.2, -0.15) is 5.10 Å². The lowest BCUT2D eigenvalue weighted by atomic mass is 10.0. The highest BCUT2D eigenvalue weighted by molar-refractivity contribution is 7.92. The summed E-state index contributed by atoms with van der Waals surface area (Å²) < 4.78 is 39.8. The molecule has 120 valence electrons. The second-order valence-electron chi connectivity index (χ2n) is 5.03. The first-order chi connectivity index (χ1) is 10.9. The van der Waals surface area contributed by atoms with Gasteiger partial charge in [-0.25, -0.2) is 12.8 Å². The number of fused-ring (bicyclic) bond motifs is 1. The highest BCUT2D eigenvalue weighted by Crippen LogP contribution is 2.32. The van der Waals surface area contributed by atoms with E-state index in [-0.39, 0.29) is 5.75 Å². The summed E-state index contributed by atoms with van der Waals surface area (Å²) >= 11 is 0. The summed E-state index contributed by atoms with van der Waals surface area (Å²) in [6, 6.07) is 7.32. The van der Waals surface area contributed by atoms with Crippen LogP contribution in [0.4, 0.5) is 10.1 Å². The number of phenolic OH excluding ortho intramolecular Hbond substituents is 1. The van der Waals surface area contributed by atoms with Crippen LogP contribution >= 0.6 is 0 Å². The monoisotopic (exact) mass is 335 g/mol. The number of nitrogens with zero attached hydrogens (tertiary/aromatic N) is 1. The lowest BCUT2D eigenvalue weighted by Crippen LogP contribution is -2.14. The van der Waals surface area contributed by atoms with E-state index in [1.165, 1.54) is 25.3 Å². The lowest BCUT2D eigenvalue weighted by Gasteiger charge is -2.10. The van der Waals surface area contributed by atoms with E-state index in [1.54, 1.807) is 18.2 Å². The van der Waals surface area contributed by atoms with Gasteiger partial charge in [-0.05, 0) is 42.3 Å². The lowest BCUT2D eigenvalue weighted by molar-refractivity contribution is 0.432. The Hall–Kier alpha value is -2.61. The molecule has 1 aromatic heterocycles. The Morgan fingerprint density at radius 2 is 2.04 bits per heavy atom. The van der Waals surface area contributed by atoms with E-state index in [2.05, 4.69) is 14.9 Å². The van der Waals surface area contributed by atoms with Crippen molar-refractivity contribution in [3.8, 4) is 16.9 Å². The fraction of sp³-hybridized carbons (Fsp3) is 0.133. The second kappa shape index (κ2) is 5.54. The van der Waals surface area contributed by atoms with Gasteiger partial charge in [0.15, 0.2) is 11.6 Å². The van der Waals surface area contributed by atoms with E-state index < -0.39 is 21.6 Å². The average Bonchev–Trinajstić information content (AvgIpc) is 2.98. The van der Waals surface area contributed by atoms with E-state index in [1.807, 2.05) is 0 Å². The first-order valence-electron chi connectivity index (χ1n) is 6.86. The molecule has 0 atom stereocenters. The third kappa shape index (κ3) is 2.98. The van der Waals surface area contributed by atoms with Crippen molar-refractivity contribution in [3.63, 3.8) is 0 Å². The highest BCUT2D eigenvalue weighted by atomic mass is 32.2. The molecule has 0 fully saturated rings. The molecule has 23 heavy (non-hydrogen) atoms. The van der Waals surface area contributed by atoms with Gasteiger partial charge >= 0.3 is 0 Å². The number of sulfonamides is 1. The Morgan fingerprint density at radius 1 is 1.26 bits per heavy atom. The van der Waals surface area contributed by atoms with Crippen LogP contribution in [0.5, 0.6) is 5.75 Å². The number of H-pyrrole nitrogens is 1. The van der Waals surface area contributed by atoms with E-state index in [4.69, 9.17) is 0 Å². The first-order valence-corrected chi connectivity index (χ1v) is 8.51. The quantitative estimate of drug-likeness (QED) is 0.683. The number of rotatable bonds is 4. The molecule has 0 saturated heterocycles. The zero-order valence-electron chi connectivity index (χ0n) is 12.2. The van der Waals surface area contributed by atoms with Crippen LogP contribution in [-0.4, -0.2) is 29.5 Å². The number of aromatic amines is 1. The number of hydrogen-bond acceptors (Lipinski definition) is 4. The van der Waals surface area contributed by atoms with Gasteiger partial charge in [-0.1, -0.05) is 6.07 Å². The topological polar surface area (TPSA) is 95.1 Å². The molecule has 0 spiro atoms. The van der Waals surface area contributed by atoms with E-state index in [0.29, 0.717) is 27.7 Å². The van der Waals surface area contributed by atoms with E-state index in [9.17, 15) is 17.9 Å². The van der Waals surface area contributed by atoms with Gasteiger partial charge < -0.3 is 5.11 Å². The Kier molecular flexibility index (Phi) is 3.69. The van der Waals surface area contributed by atoms with Crippen molar-refractivity contribution >= 4 is 26.6 Å². The number of aromatic hydroxyl groups is 1. The van der Waals surface area contributed by atoms with Crippen molar-refractivity contribution < 1.29 is 17.9 Å². The van der Waals surface area contributed by atoms with Gasteiger partial charge in [0.2, 0.25) is 10.0 Å². The van der Waals surface area contributed by atoms with Crippen LogP contribution in [0.2, 0.25) is 0 Å². The smallest absolute Gasteiger partial charge is 0.232 e. The van der Waals surface area contributed by atoms with Gasteiger partial charge in [0.25, 0.3) is 0 Å². The summed E-state index contributed by atoms with van der Waals surface area (Å²) in [5, 5.41) is 16.6. The van der Waals surface area contributed by atoms with Crippen LogP contribution in [0.15, 0.2) is 36.5 Å². The molecule has 1 heterocycles. The van der Waals surface area contributed by atoms with Crippen LogP contribution in [0.3, 0.4) is 0 Å². The van der Waals surface area contributed by atoms with E-state index in [0.717, 1.165) is 0 Å². The van der Waals surface area contributed by atoms with Crippen LogP contribution in [0, 0.1) is 5.82 Å². The molecule has 8 heteroatoms. The standard InChI is InChI=1S/C15H14FN3O3S/c1-2-23(21,22)19-14-7-10(6-13-11(14)8-17-18-13)9-3-4-15(20)12(16)5-9/h3-8,19-20H,2H2,1H3,(H,17,18). The van der Waals surface area contributed by atoms with Crippen molar-refractivity contribution in [2.45, 2.75) is 6.92 Å². The van der Waals surface area contributed by atoms with Crippen LogP contribution in [0.1, 0.15) is 6.92 Å². The molecule has 0 saturated carbocycles. The summed E-state index contributed by atoms with van der Waals surface area (Å²) in [4.78, 5) is 0. The SMILES string of the molecule is CCS(=O)(=O)Nc1cc(-c2ccc(O)c(F)c2)cc2[nH]ncc12. The normalized spacial score (nSPS) is 11.7. The molecule has 3 aromatic rings. The number of hydrogen-bond donors (Lipinski definition) is 3. The molecule has 0 aliphatic carbocycles. The molecule has 0 bridgehead atoms. The Labute approximate surface area is 132 Å². The third-order valence-corrected chi connectivity index (χ3v) is 4.78. The maximum absolute atomic E-state index is 13.6. The molecule has 3 rings (SSSR count). The summed E-state index contributed by atoms with van der Waals surface area (Å²) in [7, 11) is -3.46. The zero-order chi connectivity index (χ0) is 16.6. The summed E-state index contributed by atoms with van der Waals surface area (Å²) in [6.07, 6.45) is 1.52. The van der Waals surface area contributed by atoms with Crippen molar-refractivity contribution in [1.29, 1.82) is 0 Å². The molecule has 2 aromatic carbocycles. The van der Waals surface area contributed by atoms with Crippen molar-refractivity contribution in [2.75, 3.05) is 10.5 Å². The number of nitrogens with one attached hydrogen (secondary N) is 2. The number of benzene rings is 2. The number of aromatic nitrogens is 2. The fourth-order valence-corrected chi connectivity index (χ4v) is 2.88. The highest BCUT2D eigenvalue weighted by Gasteiger charge is 2.13. The van der Waals surface area contributed by atoms with Crippen LogP contribution in [-0.2, 0) is 10.0 Å². The van der Waals surface area contributed by atoms with E-state index >= 15 is 0 Å². The van der Waals surface area contributed by atoms with Crippen molar-refractivity contribution in [2.24, 2.45) is 0 Å². The predicted molar refractivity (Wildman–Crippen MR) is 86.2 cm³/mol. The van der Waals surface area contributed by atoms with Gasteiger partial charge in [0.05, 0.1) is 23.2 Å². The third-order valence-electron chi connectivity index (χ3n) is 3.49. The second-order valence-corrected chi connectivity index (χ2v) is 7.04. The van der Waals surface area contributed by atoms with Crippen LogP contribution < -0.4 is 4.72 Å². The zero-order valence-corrected chi connectivity index (χ0v) is 13.0. The molecule has 0 amide bonds. The summed E-state index contributed by atoms with van der Waals surface area (Å²) in [5.74, 6) is -1.25. The maximum Gasteiger partial charge on any atom is 0.232 e. The minimum Gasteiger partial charge on any atom is -0.505 e. The number of halogens is 1. The molecule has 3 N–H and O–H groups in total. The minimum absolute atomic E-state index is 0.0651. The van der Waals surface area contributed by atoms with Crippen molar-refractivity contribution in [1.82, 2.24) is 10.2 Å². The van der Waals surface area contributed by atoms with Gasteiger partial charge in [0, 0.05) is 5.39 Å². The number of phenols is 1. The molecule has 6 nitrogen and oxygen atoms in total. The molecular weight excluding hydrogens is 321 g/mol. The summed E-state index contributed by atoms with van der Waals surface area (Å²) in [5.41, 5.74) is 2.08. The molecular formula is C15H14FN3O3S. The van der Waals surface area contributed by atoms with Crippen molar-refractivity contribution in [3.05, 3.63) is 42.3 Å². The Balaban J connectivity index is 2.17. The van der Waals surface area contributed by atoms with Gasteiger partial charge in [0.1, 0.15) is 0 Å². The molecule has 0 aliphatic rings. The number of anilines is 1. The Bertz CT molecular complexity index is 983. The predicted octanol–water partition coefficient (Wildman–Crippen LogP) is 2.84. The van der Waals surface area contributed by atoms with Crippen LogP contribution in [0.25, 0.3) is 22.0 Å². The molecule has 0 radical (unpaired) electrons.